The fourth-order valence-corrected chi connectivity index (χ4v) is 33.2. The number of hydrogen-bond donors (Lipinski definition) is 15. The minimum Gasteiger partial charge on any atom is -0.466 e. The SMILES string of the molecule is C.C=C(OCC)Oc1ccccc1C1OP(=O)(O)C(O)(Cn2ccnc2)P(=O)(O)O1.C=C(OCC)Oc1ccccc1C1OP(=O)(O)C(Sc2ccc(Cl)cc2)P(=O)(O)O1.C=C(Oc1ccccc1C1OP(=O)(O)C(O)(CCN(C)C)P(=O)(O)O1)OC(C)C.C=C(Oc1ccccc1C1OP(=O)(O)C(O)(CCN)P(=O)(O)O1)OC(C)C.CCCCCN(C)CCC1(O)P(=O)(O)OC(c2ccccc2OC(=O)OC(C)C)OP1(=O)O. The Morgan fingerprint density at radius 2 is 0.732 bits per heavy atom. The average Bonchev–Trinajstić information content (AvgIpc) is 0.989. The highest BCUT2D eigenvalue weighted by Crippen LogP contribution is 2.84. The van der Waals surface area contributed by atoms with Crippen LogP contribution in [0.1, 0.15) is 168 Å². The van der Waals surface area contributed by atoms with Crippen molar-refractivity contribution in [2.24, 2.45) is 5.73 Å². The molecule has 10 unspecified atom stereocenters. The third-order valence-corrected chi connectivity index (χ3v) is 46.4. The lowest BCUT2D eigenvalue weighted by Crippen LogP contribution is -2.39. The molecule has 0 amide bonds. The topological polar surface area (TPSA) is 706 Å². The van der Waals surface area contributed by atoms with Gasteiger partial charge in [0.1, 0.15) is 28.7 Å². The van der Waals surface area contributed by atoms with Gasteiger partial charge in [0.05, 0.1) is 72.2 Å². The summed E-state index contributed by atoms with van der Waals surface area (Å²) in [7, 11) is -44.6. The van der Waals surface area contributed by atoms with E-state index in [1.165, 1.54) is 104 Å². The molecule has 62 heteroatoms. The van der Waals surface area contributed by atoms with Crippen LogP contribution < -0.4 is 29.4 Å². The van der Waals surface area contributed by atoms with E-state index in [0.717, 1.165) is 23.8 Å². The van der Waals surface area contributed by atoms with Gasteiger partial charge in [-0.1, -0.05) is 142 Å². The molecule has 50 nitrogen and oxygen atoms in total. The van der Waals surface area contributed by atoms with Crippen LogP contribution in [-0.4, -0.2) is 199 Å². The number of nitrogens with two attached hydrogens (primary N) is 1. The summed E-state index contributed by atoms with van der Waals surface area (Å²) in [6, 6.07) is 36.1. The van der Waals surface area contributed by atoms with E-state index in [2.05, 4.69) is 38.2 Å². The average molecular weight is 2340 g/mol. The lowest BCUT2D eigenvalue weighted by atomic mass is 10.2. The smallest absolute Gasteiger partial charge is 0.466 e. The third kappa shape index (κ3) is 33.1. The fraction of sp³-hybridized carbons (Fsp3) is 0.448. The Bertz CT molecular complexity index is 6120. The van der Waals surface area contributed by atoms with E-state index in [4.69, 9.17) is 110 Å². The number of carbonyl (C=O) groups is 1. The lowest BCUT2D eigenvalue weighted by molar-refractivity contribution is -0.0627. The van der Waals surface area contributed by atoms with E-state index >= 15 is 0 Å². The molecular weight excluding hydrogens is 2210 g/mol. The molecule has 6 aromatic carbocycles. The zero-order valence-electron chi connectivity index (χ0n) is 81.8. The van der Waals surface area contributed by atoms with Crippen molar-refractivity contribution < 1.29 is 212 Å². The minimum absolute atomic E-state index is 0. The van der Waals surface area contributed by atoms with Crippen LogP contribution in [0.4, 0.5) is 4.79 Å². The second-order valence-electron chi connectivity index (χ2n) is 33.4. The van der Waals surface area contributed by atoms with Crippen LogP contribution in [0.15, 0.2) is 219 Å². The Hall–Kier alpha value is -6.98. The summed E-state index contributed by atoms with van der Waals surface area (Å²) in [6.45, 7) is 30.5. The summed E-state index contributed by atoms with van der Waals surface area (Å²) in [4.78, 5) is 123. The molecule has 6 heterocycles. The predicted octanol–water partition coefficient (Wildman–Crippen LogP) is 18.4. The molecule has 5 fully saturated rings. The standard InChI is InChI=1S/C20H33NO10P2.C18H19ClO8P2S.C17H27NO9P2.C16H20N2O9P2.C15H23NO9P2.CH4/c1-5-6-9-13-21(4)14-12-20(23)32(24,25)30-18(31-33(20,26)27)16-10-7-8-11-17(16)29-19(22)28-15(2)3;1-3-24-12(2)25-16-7-5-4-6-15(16)17-26-28(20,21)18(29(22,23)27-17)30-14-10-8-13(19)9-11-14;1-12(2)24-13(3)25-15-9-7-6-8-14(15)16-26-28(20,21)17(19,10-11-18(4)5)29(22,23)27-16;1-3-24-12(2)25-14-7-5-4-6-13(14)15-26-28(20,21)16(19,29(22,23)27-15)10-18-9-8-17-11-18;1-10(2)22-11(3)23-13-7-5-4-6-12(13)14-24-26(18,19)15(17,8-9-16)27(20,21)25-14;/h7-8,10-11,15,18,23H,5-6,9,12-14H2,1-4H3,(H,24,25)(H,26,27);4-11,17-18H,2-3H2,1H3,(H,20,21)(H,22,23);6-9,12,16,19H,3,10-11H2,1-2,4-5H3,(H,20,21)(H,22,23);4-9,11,15,19H,2-3,10H2,1H3,(H,20,21)(H,22,23);4-7,10,14,17H,3,8-9,16H2,1-2H3,(H,18,19)(H,20,21);1H4. The number of rotatable bonds is 39. The van der Waals surface area contributed by atoms with Crippen LogP contribution in [0, 0.1) is 0 Å². The second kappa shape index (κ2) is 54.1. The van der Waals surface area contributed by atoms with Gasteiger partial charge in [0, 0.05) is 54.7 Å². The maximum atomic E-state index is 13.0. The van der Waals surface area contributed by atoms with E-state index in [1.807, 2.05) is 0 Å². The Kier molecular flexibility index (Phi) is 46.8. The first-order valence-corrected chi connectivity index (χ1v) is 61.8. The van der Waals surface area contributed by atoms with Gasteiger partial charge < -0.3 is 137 Å². The van der Waals surface area contributed by atoms with Crippen LogP contribution in [0.3, 0.4) is 0 Å². The summed E-state index contributed by atoms with van der Waals surface area (Å²) in [6.07, 6.45) is -5.58. The van der Waals surface area contributed by atoms with Crippen LogP contribution in [-0.2, 0) is 121 Å². The highest BCUT2D eigenvalue weighted by Gasteiger charge is 2.71. The first-order valence-electron chi connectivity index (χ1n) is 44.6. The number of thioether (sulfide) groups is 1. The summed E-state index contributed by atoms with van der Waals surface area (Å²) in [5.74, 6) is 0.00897. The Morgan fingerprint density at radius 3 is 1.03 bits per heavy atom. The highest BCUT2D eigenvalue weighted by atomic mass is 35.5. The van der Waals surface area contributed by atoms with Gasteiger partial charge in [0.25, 0.3) is 44.1 Å². The molecule has 5 aliphatic rings. The van der Waals surface area contributed by atoms with Gasteiger partial charge in [-0.3, -0.25) is 90.9 Å². The van der Waals surface area contributed by atoms with Crippen molar-refractivity contribution in [3.8, 4) is 28.7 Å². The Balaban J connectivity index is 0.000000252. The summed E-state index contributed by atoms with van der Waals surface area (Å²) in [5.41, 5.74) is 5.43. The van der Waals surface area contributed by atoms with E-state index in [0.29, 0.717) is 34.8 Å². The second-order valence-corrected chi connectivity index (χ2v) is 57.2. The van der Waals surface area contributed by atoms with E-state index < -0.39 is 171 Å². The number of imidazole rings is 1. The summed E-state index contributed by atoms with van der Waals surface area (Å²) >= 11 is 6.54. The largest absolute Gasteiger partial charge is 0.514 e. The van der Waals surface area contributed by atoms with Crippen LogP contribution in [0.5, 0.6) is 28.7 Å². The van der Waals surface area contributed by atoms with Crippen molar-refractivity contribution in [3.05, 3.63) is 247 Å². The molecule has 0 bridgehead atoms. The normalized spacial score (nSPS) is 31.0. The predicted molar refractivity (Wildman–Crippen MR) is 540 cm³/mol. The number of hydrogen-bond acceptors (Lipinski definition) is 40. The monoisotopic (exact) mass is 2340 g/mol. The molecule has 0 aliphatic carbocycles. The summed E-state index contributed by atoms with van der Waals surface area (Å²) in [5, 5.41) is 30.7. The van der Waals surface area contributed by atoms with Crippen molar-refractivity contribution in [2.75, 3.05) is 60.5 Å². The first-order chi connectivity index (χ1) is 68.8. The van der Waals surface area contributed by atoms with Gasteiger partial charge in [-0.05, 0) is 177 Å². The Morgan fingerprint density at radius 1 is 0.430 bits per heavy atom. The number of benzene rings is 6. The van der Waals surface area contributed by atoms with Crippen LogP contribution in [0.2, 0.25) is 5.02 Å². The number of aliphatic hydroxyl groups is 4. The number of carbonyl (C=O) groups excluding carboxylic acids is 1. The van der Waals surface area contributed by atoms with Gasteiger partial charge in [0.15, 0.2) is 0 Å². The molecule has 0 spiro atoms. The van der Waals surface area contributed by atoms with Gasteiger partial charge in [-0.25, -0.2) is 9.78 Å². The fourth-order valence-electron chi connectivity index (χ4n) is 13.2. The van der Waals surface area contributed by atoms with Crippen molar-refractivity contribution in [1.82, 2.24) is 19.4 Å². The maximum Gasteiger partial charge on any atom is 0.514 e. The number of halogens is 1. The molecule has 149 heavy (non-hydrogen) atoms. The van der Waals surface area contributed by atoms with Crippen LogP contribution in [0.25, 0.3) is 0 Å². The molecule has 1 aromatic heterocycles. The van der Waals surface area contributed by atoms with E-state index in [-0.39, 0.29) is 126 Å². The van der Waals surface area contributed by atoms with Gasteiger partial charge in [0.2, 0.25) is 36.2 Å². The zero-order chi connectivity index (χ0) is 111. The van der Waals surface area contributed by atoms with Gasteiger partial charge in [-0.15, -0.1) is 0 Å². The third-order valence-electron chi connectivity index (χ3n) is 20.6. The number of para-hydroxylation sites is 5. The van der Waals surface area contributed by atoms with E-state index in [9.17, 15) is 120 Å². The molecule has 12 rings (SSSR count). The van der Waals surface area contributed by atoms with Crippen molar-refractivity contribution in [3.63, 3.8) is 0 Å². The molecule has 10 atom stereocenters. The van der Waals surface area contributed by atoms with Crippen molar-refractivity contribution >= 4 is 105 Å². The quantitative estimate of drug-likeness (QED) is 0.00559. The molecule has 832 valence electrons. The molecular formula is C87H126ClN5O45P10S. The van der Waals surface area contributed by atoms with Gasteiger partial charge >= 0.3 is 82.1 Å². The molecule has 16 N–H and O–H groups in total. The number of unbranched alkanes of at least 4 members (excludes halogenated alkanes) is 2. The minimum atomic E-state index is -5.10. The summed E-state index contributed by atoms with van der Waals surface area (Å²) < 4.78 is 231. The zero-order valence-corrected chi connectivity index (χ0v) is 92.4. The maximum absolute atomic E-state index is 13.0. The van der Waals surface area contributed by atoms with Gasteiger partial charge in [-0.2, -0.15) is 0 Å². The number of nitrogens with zero attached hydrogens (tertiary/aromatic N) is 4. The van der Waals surface area contributed by atoms with Crippen molar-refractivity contribution in [1.29, 1.82) is 0 Å². The first kappa shape index (κ1) is 129. The van der Waals surface area contributed by atoms with Crippen molar-refractivity contribution in [2.45, 2.75) is 195 Å². The molecule has 0 radical (unpaired) electrons. The number of aromatic nitrogens is 2. The Labute approximate surface area is 869 Å². The molecule has 0 saturated carbocycles. The molecule has 5 aliphatic heterocycles. The lowest BCUT2D eigenvalue weighted by Gasteiger charge is -2.41. The molecule has 7 aromatic rings. The van der Waals surface area contributed by atoms with Crippen LogP contribution >= 0.6 is 99.3 Å². The number of ether oxygens (including phenoxy) is 10. The highest BCUT2D eigenvalue weighted by molar-refractivity contribution is 8.12. The molecule has 5 saturated heterocycles. The van der Waals surface area contributed by atoms with E-state index in [1.54, 1.807) is 147 Å².